The highest BCUT2D eigenvalue weighted by Crippen LogP contribution is 2.02. The number of carbonyl (C=O) groups excluding carboxylic acids is 2. The van der Waals surface area contributed by atoms with Gasteiger partial charge in [0.25, 0.3) is 5.91 Å². The molecule has 3 N–H and O–H groups in total. The molecule has 18 heavy (non-hydrogen) atoms. The predicted octanol–water partition coefficient (Wildman–Crippen LogP) is 0.0611. The van der Waals surface area contributed by atoms with E-state index in [1.54, 1.807) is 6.92 Å². The number of nitrogens with zero attached hydrogens (tertiary/aromatic N) is 2. The summed E-state index contributed by atoms with van der Waals surface area (Å²) in [6, 6.07) is 1.20. The van der Waals surface area contributed by atoms with Gasteiger partial charge in [0, 0.05) is 18.3 Å². The van der Waals surface area contributed by atoms with Gasteiger partial charge in [-0.3, -0.25) is 20.4 Å². The Hall–Kier alpha value is -2.18. The maximum Gasteiger partial charge on any atom is 0.260 e. The van der Waals surface area contributed by atoms with Gasteiger partial charge in [0.2, 0.25) is 11.9 Å². The van der Waals surface area contributed by atoms with Gasteiger partial charge >= 0.3 is 0 Å². The Morgan fingerprint density at radius 1 is 1.22 bits per heavy atom. The van der Waals surface area contributed by atoms with Gasteiger partial charge < -0.3 is 5.32 Å². The lowest BCUT2D eigenvalue weighted by molar-refractivity contribution is -0.127. The minimum atomic E-state index is -0.624. The molecular formula is C11H17N5O2. The van der Waals surface area contributed by atoms with Gasteiger partial charge in [0.05, 0.1) is 0 Å². The second kappa shape index (κ2) is 5.95. The van der Waals surface area contributed by atoms with Crippen LogP contribution in [0.1, 0.15) is 25.2 Å². The number of hydrogen-bond acceptors (Lipinski definition) is 5. The Kier molecular flexibility index (Phi) is 4.59. The first-order valence-electron chi connectivity index (χ1n) is 5.53. The highest BCUT2D eigenvalue weighted by Gasteiger charge is 2.13. The van der Waals surface area contributed by atoms with E-state index in [0.29, 0.717) is 5.95 Å². The molecule has 1 aromatic heterocycles. The number of amides is 2. The van der Waals surface area contributed by atoms with E-state index in [1.165, 1.54) is 6.92 Å². The van der Waals surface area contributed by atoms with E-state index in [0.717, 1.165) is 11.4 Å². The highest BCUT2D eigenvalue weighted by molar-refractivity contribution is 5.86. The Morgan fingerprint density at radius 3 is 2.28 bits per heavy atom. The first kappa shape index (κ1) is 13.9. The molecule has 1 rings (SSSR count). The third kappa shape index (κ3) is 4.36. The number of carbonyl (C=O) groups is 2. The van der Waals surface area contributed by atoms with Crippen LogP contribution in [0.2, 0.25) is 0 Å². The Balaban J connectivity index is 2.54. The average molecular weight is 251 g/mol. The molecule has 1 aromatic rings. The lowest BCUT2D eigenvalue weighted by Gasteiger charge is -2.13. The van der Waals surface area contributed by atoms with Crippen LogP contribution in [0.25, 0.3) is 0 Å². The maximum absolute atomic E-state index is 11.6. The van der Waals surface area contributed by atoms with Crippen molar-refractivity contribution in [3.05, 3.63) is 17.5 Å². The summed E-state index contributed by atoms with van der Waals surface area (Å²) in [5, 5.41) is 2.47. The van der Waals surface area contributed by atoms with Gasteiger partial charge in [-0.1, -0.05) is 0 Å². The zero-order valence-corrected chi connectivity index (χ0v) is 10.9. The van der Waals surface area contributed by atoms with Crippen molar-refractivity contribution in [1.82, 2.24) is 20.7 Å². The molecule has 98 valence electrons. The van der Waals surface area contributed by atoms with Gasteiger partial charge in [-0.25, -0.2) is 9.97 Å². The van der Waals surface area contributed by atoms with Crippen molar-refractivity contribution in [2.75, 3.05) is 5.43 Å². The molecule has 0 bridgehead atoms. The van der Waals surface area contributed by atoms with Gasteiger partial charge in [-0.15, -0.1) is 0 Å². The molecule has 1 atom stereocenters. The van der Waals surface area contributed by atoms with E-state index < -0.39 is 6.04 Å². The van der Waals surface area contributed by atoms with Crippen molar-refractivity contribution in [1.29, 1.82) is 0 Å². The number of rotatable bonds is 4. The molecule has 0 aliphatic heterocycles. The zero-order chi connectivity index (χ0) is 13.7. The van der Waals surface area contributed by atoms with E-state index >= 15 is 0 Å². The van der Waals surface area contributed by atoms with Gasteiger partial charge in [-0.2, -0.15) is 0 Å². The van der Waals surface area contributed by atoms with Gasteiger partial charge in [-0.05, 0) is 26.8 Å². The second-order valence-electron chi connectivity index (χ2n) is 4.01. The minimum absolute atomic E-state index is 0.264. The van der Waals surface area contributed by atoms with Crippen LogP contribution in [0.15, 0.2) is 6.07 Å². The first-order valence-corrected chi connectivity index (χ1v) is 5.53. The summed E-state index contributed by atoms with van der Waals surface area (Å²) in [7, 11) is 0. The molecule has 0 fully saturated rings. The van der Waals surface area contributed by atoms with Crippen LogP contribution in [-0.2, 0) is 9.59 Å². The first-order chi connectivity index (χ1) is 8.38. The number of aryl methyl sites for hydroxylation is 2. The molecule has 0 spiro atoms. The molecule has 0 saturated carbocycles. The fourth-order valence-corrected chi connectivity index (χ4v) is 1.38. The SMILES string of the molecule is CC(=O)N[C@@H](C)C(=O)NNc1nc(C)cc(C)n1. The quantitative estimate of drug-likeness (QED) is 0.658. The minimum Gasteiger partial charge on any atom is -0.345 e. The number of aromatic nitrogens is 2. The molecule has 7 nitrogen and oxygen atoms in total. The highest BCUT2D eigenvalue weighted by atomic mass is 16.2. The third-order valence-electron chi connectivity index (χ3n) is 2.09. The van der Waals surface area contributed by atoms with Crippen molar-refractivity contribution in [3.8, 4) is 0 Å². The molecular weight excluding hydrogens is 234 g/mol. The molecule has 2 amide bonds. The van der Waals surface area contributed by atoms with E-state index in [9.17, 15) is 9.59 Å². The van der Waals surface area contributed by atoms with E-state index in [2.05, 4.69) is 26.1 Å². The predicted molar refractivity (Wildman–Crippen MR) is 66.6 cm³/mol. The van der Waals surface area contributed by atoms with Crippen molar-refractivity contribution < 1.29 is 9.59 Å². The van der Waals surface area contributed by atoms with Gasteiger partial charge in [0.15, 0.2) is 0 Å². The third-order valence-corrected chi connectivity index (χ3v) is 2.09. The van der Waals surface area contributed by atoms with Crippen LogP contribution in [0.4, 0.5) is 5.95 Å². The van der Waals surface area contributed by atoms with Crippen LogP contribution in [0.3, 0.4) is 0 Å². The van der Waals surface area contributed by atoms with Crippen molar-refractivity contribution in [2.24, 2.45) is 0 Å². The normalized spacial score (nSPS) is 11.6. The van der Waals surface area contributed by atoms with Gasteiger partial charge in [0.1, 0.15) is 6.04 Å². The Labute approximate surface area is 105 Å². The summed E-state index contributed by atoms with van der Waals surface area (Å²) in [5.74, 6) is -0.316. The molecule has 0 aliphatic rings. The standard InChI is InChI=1S/C11H17N5O2/c1-6-5-7(2)13-11(12-6)16-15-10(18)8(3)14-9(4)17/h5,8H,1-4H3,(H,14,17)(H,15,18)(H,12,13,16)/t8-/m0/s1. The monoisotopic (exact) mass is 251 g/mol. The largest absolute Gasteiger partial charge is 0.345 e. The summed E-state index contributed by atoms with van der Waals surface area (Å²) < 4.78 is 0. The van der Waals surface area contributed by atoms with E-state index in [-0.39, 0.29) is 11.8 Å². The van der Waals surface area contributed by atoms with E-state index in [1.807, 2.05) is 19.9 Å². The Morgan fingerprint density at radius 2 is 1.78 bits per heavy atom. The fourth-order valence-electron chi connectivity index (χ4n) is 1.38. The van der Waals surface area contributed by atoms with Crippen LogP contribution in [-0.4, -0.2) is 27.8 Å². The smallest absolute Gasteiger partial charge is 0.260 e. The maximum atomic E-state index is 11.6. The zero-order valence-electron chi connectivity index (χ0n) is 10.9. The van der Waals surface area contributed by atoms with Crippen LogP contribution < -0.4 is 16.2 Å². The topological polar surface area (TPSA) is 96.0 Å². The molecule has 0 radical (unpaired) electrons. The molecule has 0 aliphatic carbocycles. The fraction of sp³-hybridized carbons (Fsp3) is 0.455. The Bertz CT molecular complexity index is 440. The summed E-state index contributed by atoms with van der Waals surface area (Å²) in [6.45, 7) is 6.61. The van der Waals surface area contributed by atoms with Crippen molar-refractivity contribution in [2.45, 2.75) is 33.7 Å². The van der Waals surface area contributed by atoms with E-state index in [4.69, 9.17) is 0 Å². The molecule has 7 heteroatoms. The van der Waals surface area contributed by atoms with Crippen molar-refractivity contribution >= 4 is 17.8 Å². The number of hydrazine groups is 1. The average Bonchev–Trinajstić information content (AvgIpc) is 2.23. The molecule has 1 heterocycles. The lowest BCUT2D eigenvalue weighted by atomic mass is 10.3. The number of anilines is 1. The van der Waals surface area contributed by atoms with Crippen LogP contribution in [0, 0.1) is 13.8 Å². The van der Waals surface area contributed by atoms with Crippen LogP contribution in [0.5, 0.6) is 0 Å². The summed E-state index contributed by atoms with van der Waals surface area (Å²) in [6.07, 6.45) is 0. The second-order valence-corrected chi connectivity index (χ2v) is 4.01. The van der Waals surface area contributed by atoms with Crippen molar-refractivity contribution in [3.63, 3.8) is 0 Å². The summed E-state index contributed by atoms with van der Waals surface area (Å²) >= 11 is 0. The summed E-state index contributed by atoms with van der Waals surface area (Å²) in [5.41, 5.74) is 6.64. The molecule has 0 aromatic carbocycles. The number of hydrogen-bond donors (Lipinski definition) is 3. The number of nitrogens with one attached hydrogen (secondary N) is 3. The molecule has 0 saturated heterocycles. The van der Waals surface area contributed by atoms with Crippen LogP contribution >= 0.6 is 0 Å². The molecule has 0 unspecified atom stereocenters. The lowest BCUT2D eigenvalue weighted by Crippen LogP contribution is -2.46. The summed E-state index contributed by atoms with van der Waals surface area (Å²) in [4.78, 5) is 30.6.